The number of carbonyl (C=O) groups excluding carboxylic acids is 1. The van der Waals surface area contributed by atoms with Crippen LogP contribution in [-0.4, -0.2) is 78.5 Å². The molecule has 1 unspecified atom stereocenters. The van der Waals surface area contributed by atoms with Gasteiger partial charge < -0.3 is 14.9 Å². The quantitative estimate of drug-likeness (QED) is 0.529. The van der Waals surface area contributed by atoms with Gasteiger partial charge >= 0.3 is 11.9 Å². The van der Waals surface area contributed by atoms with Gasteiger partial charge in [-0.15, -0.1) is 0 Å². The fraction of sp³-hybridized carbons (Fsp3) is 0.320. The minimum atomic E-state index is -3.75. The highest BCUT2D eigenvalue weighted by Crippen LogP contribution is 2.34. The van der Waals surface area contributed by atoms with Crippen molar-refractivity contribution >= 4 is 27.9 Å². The first kappa shape index (κ1) is 27.1. The number of morpholine rings is 1. The van der Waals surface area contributed by atoms with Crippen molar-refractivity contribution in [1.82, 2.24) is 9.21 Å². The largest absolute Gasteiger partial charge is 0.478 e. The highest BCUT2D eigenvalue weighted by molar-refractivity contribution is 7.89. The van der Waals surface area contributed by atoms with Crippen molar-refractivity contribution in [3.8, 4) is 0 Å². The third-order valence-corrected chi connectivity index (χ3v) is 7.44. The van der Waals surface area contributed by atoms with Crippen LogP contribution in [0.25, 0.3) is 0 Å². The first-order valence-corrected chi connectivity index (χ1v) is 12.9. The van der Waals surface area contributed by atoms with Gasteiger partial charge in [-0.2, -0.15) is 0 Å². The number of carboxylic acids is 2. The van der Waals surface area contributed by atoms with Gasteiger partial charge in [0.05, 0.1) is 25.0 Å². The van der Waals surface area contributed by atoms with Crippen LogP contribution < -0.4 is 0 Å². The second-order valence-electron chi connectivity index (χ2n) is 8.19. The lowest BCUT2D eigenvalue weighted by Gasteiger charge is -2.36. The van der Waals surface area contributed by atoms with Crippen molar-refractivity contribution in [2.75, 3.05) is 32.8 Å². The molecule has 1 saturated heterocycles. The van der Waals surface area contributed by atoms with E-state index in [9.17, 15) is 22.8 Å². The van der Waals surface area contributed by atoms with Crippen LogP contribution in [0, 0.1) is 0 Å². The minimum absolute atomic E-state index is 0.143. The fourth-order valence-corrected chi connectivity index (χ4v) is 5.82. The molecule has 36 heavy (non-hydrogen) atoms. The van der Waals surface area contributed by atoms with Crippen LogP contribution in [0.15, 0.2) is 66.7 Å². The van der Waals surface area contributed by atoms with Crippen LogP contribution in [0.5, 0.6) is 0 Å². The number of hydrogen-bond donors (Lipinski definition) is 2. The van der Waals surface area contributed by atoms with Gasteiger partial charge in [-0.25, -0.2) is 22.3 Å². The normalized spacial score (nSPS) is 18.1. The maximum Gasteiger partial charge on any atom is 0.328 e. The van der Waals surface area contributed by atoms with Crippen LogP contribution in [0.1, 0.15) is 33.9 Å². The van der Waals surface area contributed by atoms with E-state index in [0.29, 0.717) is 49.5 Å². The summed E-state index contributed by atoms with van der Waals surface area (Å²) in [6.07, 6.45) is 1.67. The molecular weight excluding hydrogens is 488 g/mol. The number of ether oxygens (including phenoxy) is 1. The Labute approximate surface area is 209 Å². The lowest BCUT2D eigenvalue weighted by molar-refractivity contribution is -0.134. The molecule has 2 aliphatic rings. The Hall–Kier alpha value is -3.54. The van der Waals surface area contributed by atoms with E-state index >= 15 is 0 Å². The molecule has 2 aromatic carbocycles. The van der Waals surface area contributed by atoms with E-state index < -0.39 is 33.9 Å². The molecule has 2 aromatic rings. The predicted molar refractivity (Wildman–Crippen MR) is 131 cm³/mol. The lowest BCUT2D eigenvalue weighted by atomic mass is 10.0. The van der Waals surface area contributed by atoms with E-state index in [2.05, 4.69) is 4.90 Å². The molecular formula is C25H28N2O8S. The second-order valence-corrected chi connectivity index (χ2v) is 10.0. The SMILES string of the molecule is O=C(O)C=CC(=O)O.O=C1c2ccccc2CS(=O)(=O)N1C(CCN1CCOCC1)c1ccccc1. The summed E-state index contributed by atoms with van der Waals surface area (Å²) in [6.45, 7) is 3.73. The highest BCUT2D eigenvalue weighted by atomic mass is 32.2. The highest BCUT2D eigenvalue weighted by Gasteiger charge is 2.40. The number of amides is 1. The molecule has 0 aliphatic carbocycles. The molecule has 2 aliphatic heterocycles. The molecule has 2 heterocycles. The average Bonchev–Trinajstić information content (AvgIpc) is 2.86. The summed E-state index contributed by atoms with van der Waals surface area (Å²) in [5, 5.41) is 15.6. The number of carboxylic acid groups (broad SMARTS) is 2. The minimum Gasteiger partial charge on any atom is -0.478 e. The predicted octanol–water partition coefficient (Wildman–Crippen LogP) is 2.15. The molecule has 1 amide bonds. The van der Waals surface area contributed by atoms with Gasteiger partial charge in [0.2, 0.25) is 10.0 Å². The van der Waals surface area contributed by atoms with Crippen molar-refractivity contribution in [2.45, 2.75) is 18.2 Å². The van der Waals surface area contributed by atoms with Gasteiger partial charge in [0.15, 0.2) is 0 Å². The van der Waals surface area contributed by atoms with E-state index in [4.69, 9.17) is 14.9 Å². The van der Waals surface area contributed by atoms with Gasteiger partial charge in [0.25, 0.3) is 5.91 Å². The van der Waals surface area contributed by atoms with E-state index in [1.165, 1.54) is 0 Å². The summed E-state index contributed by atoms with van der Waals surface area (Å²) in [7, 11) is -3.75. The Balaban J connectivity index is 0.000000392. The number of fused-ring (bicyclic) bond motifs is 1. The summed E-state index contributed by atoms with van der Waals surface area (Å²) in [5.41, 5.74) is 1.89. The smallest absolute Gasteiger partial charge is 0.328 e. The molecule has 11 heteroatoms. The van der Waals surface area contributed by atoms with Crippen LogP contribution in [0.4, 0.5) is 0 Å². The molecule has 192 valence electrons. The third-order valence-electron chi connectivity index (χ3n) is 5.74. The molecule has 0 radical (unpaired) electrons. The summed E-state index contributed by atoms with van der Waals surface area (Å²) in [4.78, 5) is 34.6. The van der Waals surface area contributed by atoms with Crippen molar-refractivity contribution in [1.29, 1.82) is 0 Å². The first-order chi connectivity index (χ1) is 17.2. The van der Waals surface area contributed by atoms with Crippen LogP contribution in [-0.2, 0) is 30.1 Å². The number of hydrogen-bond acceptors (Lipinski definition) is 7. The molecule has 0 aromatic heterocycles. The first-order valence-electron chi connectivity index (χ1n) is 11.3. The number of rotatable bonds is 7. The molecule has 0 bridgehead atoms. The Morgan fingerprint density at radius 1 is 0.944 bits per heavy atom. The summed E-state index contributed by atoms with van der Waals surface area (Å²) in [6, 6.07) is 15.9. The van der Waals surface area contributed by atoms with Gasteiger partial charge in [0.1, 0.15) is 0 Å². The van der Waals surface area contributed by atoms with Crippen LogP contribution in [0.3, 0.4) is 0 Å². The topological polar surface area (TPSA) is 142 Å². The van der Waals surface area contributed by atoms with E-state index in [1.54, 1.807) is 24.3 Å². The second kappa shape index (κ2) is 12.4. The van der Waals surface area contributed by atoms with Gasteiger partial charge in [-0.1, -0.05) is 48.5 Å². The Kier molecular flexibility index (Phi) is 9.34. The molecule has 10 nitrogen and oxygen atoms in total. The van der Waals surface area contributed by atoms with Crippen LogP contribution >= 0.6 is 0 Å². The maximum atomic E-state index is 13.2. The number of benzene rings is 2. The Bertz CT molecular complexity index is 1190. The summed E-state index contributed by atoms with van der Waals surface area (Å²) >= 11 is 0. The zero-order chi connectivity index (χ0) is 26.1. The monoisotopic (exact) mass is 516 g/mol. The standard InChI is InChI=1S/C21H24N2O4S.C4H4O4/c24-21-19-9-5-4-8-18(19)16-28(25,26)23(21)20(17-6-2-1-3-7-17)10-11-22-12-14-27-15-13-22;5-3(6)1-2-4(7)8/h1-9,20H,10-16H2;1-2H,(H,5,6)(H,7,8). The molecule has 1 fully saturated rings. The zero-order valence-corrected chi connectivity index (χ0v) is 20.3. The Morgan fingerprint density at radius 2 is 1.53 bits per heavy atom. The van der Waals surface area contributed by atoms with Gasteiger partial charge in [0, 0.05) is 37.3 Å². The number of nitrogens with zero attached hydrogens (tertiary/aromatic N) is 2. The van der Waals surface area contributed by atoms with Crippen molar-refractivity contribution in [2.24, 2.45) is 0 Å². The Morgan fingerprint density at radius 3 is 2.14 bits per heavy atom. The molecule has 0 spiro atoms. The zero-order valence-electron chi connectivity index (χ0n) is 19.5. The van der Waals surface area contributed by atoms with Crippen molar-refractivity contribution in [3.05, 3.63) is 83.4 Å². The molecule has 2 N–H and O–H groups in total. The van der Waals surface area contributed by atoms with E-state index in [0.717, 1.165) is 23.0 Å². The third kappa shape index (κ3) is 7.23. The molecule has 0 saturated carbocycles. The van der Waals surface area contributed by atoms with Gasteiger partial charge in [-0.05, 0) is 23.6 Å². The van der Waals surface area contributed by atoms with Crippen LogP contribution in [0.2, 0.25) is 0 Å². The number of aliphatic carboxylic acids is 2. The average molecular weight is 517 g/mol. The number of sulfonamides is 1. The lowest BCUT2D eigenvalue weighted by Crippen LogP contribution is -2.45. The number of carbonyl (C=O) groups is 3. The van der Waals surface area contributed by atoms with E-state index in [-0.39, 0.29) is 5.75 Å². The molecule has 4 rings (SSSR count). The van der Waals surface area contributed by atoms with E-state index in [1.807, 2.05) is 30.3 Å². The molecule has 1 atom stereocenters. The van der Waals surface area contributed by atoms with Crippen molar-refractivity contribution in [3.63, 3.8) is 0 Å². The fourth-order valence-electron chi connectivity index (χ4n) is 4.07. The summed E-state index contributed by atoms with van der Waals surface area (Å²) < 4.78 is 32.7. The van der Waals surface area contributed by atoms with Crippen molar-refractivity contribution < 1.29 is 37.8 Å². The summed E-state index contributed by atoms with van der Waals surface area (Å²) in [5.74, 6) is -3.09. The van der Waals surface area contributed by atoms with Gasteiger partial charge in [-0.3, -0.25) is 9.69 Å². The maximum absolute atomic E-state index is 13.2.